The number of ether oxygens (including phenoxy) is 1. The fourth-order valence-corrected chi connectivity index (χ4v) is 2.25. The first-order valence-corrected chi connectivity index (χ1v) is 6.05. The number of aromatic carboxylic acids is 1. The molecule has 20 heavy (non-hydrogen) atoms. The average molecular weight is 268 g/mol. The van der Waals surface area contributed by atoms with Crippen molar-refractivity contribution >= 4 is 16.7 Å². The van der Waals surface area contributed by atoms with Gasteiger partial charge in [-0.25, -0.2) is 4.79 Å². The van der Waals surface area contributed by atoms with Crippen molar-refractivity contribution in [1.29, 1.82) is 0 Å². The Bertz CT molecular complexity index is 793. The summed E-state index contributed by atoms with van der Waals surface area (Å²) in [5.41, 5.74) is 1.39. The minimum Gasteiger partial charge on any atom is -0.496 e. The Morgan fingerprint density at radius 3 is 2.75 bits per heavy atom. The number of methoxy groups -OCH3 is 1. The van der Waals surface area contributed by atoms with Crippen LogP contribution in [0.15, 0.2) is 42.5 Å². The van der Waals surface area contributed by atoms with E-state index in [2.05, 4.69) is 10.2 Å². The average Bonchev–Trinajstić information content (AvgIpc) is 2.95. The zero-order valence-corrected chi connectivity index (χ0v) is 10.8. The molecule has 100 valence electrons. The fourth-order valence-electron chi connectivity index (χ4n) is 2.25. The molecule has 0 aliphatic heterocycles. The number of carbonyl (C=O) groups is 1. The second kappa shape index (κ2) is 4.70. The Morgan fingerprint density at radius 1 is 1.25 bits per heavy atom. The highest BCUT2D eigenvalue weighted by molar-refractivity contribution is 5.99. The Kier molecular flexibility index (Phi) is 2.87. The third kappa shape index (κ3) is 1.89. The van der Waals surface area contributed by atoms with Gasteiger partial charge in [0.15, 0.2) is 0 Å². The summed E-state index contributed by atoms with van der Waals surface area (Å²) in [6.45, 7) is 0. The summed E-state index contributed by atoms with van der Waals surface area (Å²) in [5.74, 6) is -0.380. The highest BCUT2D eigenvalue weighted by Crippen LogP contribution is 2.36. The molecule has 2 N–H and O–H groups in total. The SMILES string of the molecule is COc1ccc2ccccc2c1-c1cc(C(=O)O)[nH]n1. The maximum atomic E-state index is 11.0. The Balaban J connectivity index is 2.29. The number of aromatic nitrogens is 2. The zero-order chi connectivity index (χ0) is 14.1. The predicted molar refractivity (Wildman–Crippen MR) is 75.0 cm³/mol. The van der Waals surface area contributed by atoms with E-state index in [0.29, 0.717) is 11.4 Å². The summed E-state index contributed by atoms with van der Waals surface area (Å²) in [6.07, 6.45) is 0. The van der Waals surface area contributed by atoms with Gasteiger partial charge in [-0.1, -0.05) is 30.3 Å². The molecule has 0 bridgehead atoms. The first-order chi connectivity index (χ1) is 9.70. The number of aromatic amines is 1. The van der Waals surface area contributed by atoms with E-state index in [1.807, 2.05) is 36.4 Å². The van der Waals surface area contributed by atoms with Crippen LogP contribution in [0.1, 0.15) is 10.5 Å². The topological polar surface area (TPSA) is 75.2 Å². The lowest BCUT2D eigenvalue weighted by atomic mass is 10.0. The van der Waals surface area contributed by atoms with Gasteiger partial charge in [0.05, 0.1) is 18.4 Å². The van der Waals surface area contributed by atoms with Gasteiger partial charge in [0, 0.05) is 0 Å². The minimum atomic E-state index is -1.04. The van der Waals surface area contributed by atoms with E-state index in [9.17, 15) is 4.79 Å². The molecule has 3 rings (SSSR count). The van der Waals surface area contributed by atoms with Crippen LogP contribution in [0.5, 0.6) is 5.75 Å². The number of benzene rings is 2. The number of hydrogen-bond donors (Lipinski definition) is 2. The lowest BCUT2D eigenvalue weighted by molar-refractivity contribution is 0.0690. The Hall–Kier alpha value is -2.82. The predicted octanol–water partition coefficient (Wildman–Crippen LogP) is 2.94. The first-order valence-electron chi connectivity index (χ1n) is 6.05. The standard InChI is InChI=1S/C15H12N2O3/c1-20-13-7-6-9-4-2-3-5-10(9)14(13)11-8-12(15(18)19)17-16-11/h2-8H,1H3,(H,16,17)(H,18,19). The summed E-state index contributed by atoms with van der Waals surface area (Å²) < 4.78 is 5.38. The smallest absolute Gasteiger partial charge is 0.353 e. The molecule has 3 aromatic rings. The van der Waals surface area contributed by atoms with Crippen molar-refractivity contribution < 1.29 is 14.6 Å². The molecule has 0 atom stereocenters. The van der Waals surface area contributed by atoms with Crippen LogP contribution in [0.25, 0.3) is 22.0 Å². The largest absolute Gasteiger partial charge is 0.496 e. The molecule has 0 aliphatic carbocycles. The monoisotopic (exact) mass is 268 g/mol. The van der Waals surface area contributed by atoms with Gasteiger partial charge in [-0.15, -0.1) is 0 Å². The van der Waals surface area contributed by atoms with Crippen molar-refractivity contribution in [2.45, 2.75) is 0 Å². The van der Waals surface area contributed by atoms with E-state index in [4.69, 9.17) is 9.84 Å². The highest BCUT2D eigenvalue weighted by atomic mass is 16.5. The van der Waals surface area contributed by atoms with Gasteiger partial charge in [-0.2, -0.15) is 5.10 Å². The maximum Gasteiger partial charge on any atom is 0.353 e. The highest BCUT2D eigenvalue weighted by Gasteiger charge is 2.15. The number of rotatable bonds is 3. The molecule has 1 heterocycles. The normalized spacial score (nSPS) is 10.7. The van der Waals surface area contributed by atoms with Gasteiger partial charge in [-0.05, 0) is 22.9 Å². The van der Waals surface area contributed by atoms with E-state index >= 15 is 0 Å². The molecule has 0 fully saturated rings. The summed E-state index contributed by atoms with van der Waals surface area (Å²) in [7, 11) is 1.58. The van der Waals surface area contributed by atoms with Gasteiger partial charge in [0.1, 0.15) is 11.4 Å². The van der Waals surface area contributed by atoms with Crippen molar-refractivity contribution in [3.8, 4) is 17.0 Å². The van der Waals surface area contributed by atoms with E-state index in [1.165, 1.54) is 6.07 Å². The molecule has 2 aromatic carbocycles. The van der Waals surface area contributed by atoms with Crippen molar-refractivity contribution in [2.75, 3.05) is 7.11 Å². The van der Waals surface area contributed by atoms with Crippen LogP contribution in [0.2, 0.25) is 0 Å². The van der Waals surface area contributed by atoms with Crippen LogP contribution in [-0.2, 0) is 0 Å². The second-order valence-corrected chi connectivity index (χ2v) is 4.34. The van der Waals surface area contributed by atoms with Crippen molar-refractivity contribution in [1.82, 2.24) is 10.2 Å². The minimum absolute atomic E-state index is 0.0509. The fraction of sp³-hybridized carbons (Fsp3) is 0.0667. The molecule has 0 aliphatic rings. The van der Waals surface area contributed by atoms with E-state index in [0.717, 1.165) is 16.3 Å². The molecular formula is C15H12N2O3. The quantitative estimate of drug-likeness (QED) is 0.765. The molecular weight excluding hydrogens is 256 g/mol. The molecule has 0 unspecified atom stereocenters. The van der Waals surface area contributed by atoms with E-state index in [-0.39, 0.29) is 5.69 Å². The van der Waals surface area contributed by atoms with Crippen LogP contribution in [0, 0.1) is 0 Å². The van der Waals surface area contributed by atoms with Crippen LogP contribution >= 0.6 is 0 Å². The number of hydrogen-bond acceptors (Lipinski definition) is 3. The molecule has 5 heteroatoms. The third-order valence-corrected chi connectivity index (χ3v) is 3.18. The van der Waals surface area contributed by atoms with Crippen LogP contribution in [0.3, 0.4) is 0 Å². The molecule has 0 radical (unpaired) electrons. The van der Waals surface area contributed by atoms with E-state index in [1.54, 1.807) is 7.11 Å². The molecule has 0 saturated heterocycles. The lowest BCUT2D eigenvalue weighted by Crippen LogP contribution is -1.95. The molecule has 1 aromatic heterocycles. The van der Waals surface area contributed by atoms with Gasteiger partial charge < -0.3 is 9.84 Å². The van der Waals surface area contributed by atoms with Crippen LogP contribution < -0.4 is 4.74 Å². The lowest BCUT2D eigenvalue weighted by Gasteiger charge is -2.09. The number of fused-ring (bicyclic) bond motifs is 1. The maximum absolute atomic E-state index is 11.0. The van der Waals surface area contributed by atoms with E-state index < -0.39 is 5.97 Å². The summed E-state index contributed by atoms with van der Waals surface area (Å²) in [6, 6.07) is 13.1. The van der Waals surface area contributed by atoms with Gasteiger partial charge in [0.2, 0.25) is 0 Å². The first kappa shape index (κ1) is 12.2. The summed E-state index contributed by atoms with van der Waals surface area (Å²) >= 11 is 0. The van der Waals surface area contributed by atoms with Crippen molar-refractivity contribution in [3.05, 3.63) is 48.2 Å². The summed E-state index contributed by atoms with van der Waals surface area (Å²) in [4.78, 5) is 11.0. The number of H-pyrrole nitrogens is 1. The number of nitrogens with zero attached hydrogens (tertiary/aromatic N) is 1. The molecule has 0 spiro atoms. The van der Waals surface area contributed by atoms with Crippen LogP contribution in [-0.4, -0.2) is 28.4 Å². The van der Waals surface area contributed by atoms with Gasteiger partial charge >= 0.3 is 5.97 Å². The number of nitrogens with one attached hydrogen (secondary N) is 1. The van der Waals surface area contributed by atoms with Gasteiger partial charge in [0.25, 0.3) is 0 Å². The molecule has 0 amide bonds. The third-order valence-electron chi connectivity index (χ3n) is 3.18. The van der Waals surface area contributed by atoms with Crippen LogP contribution in [0.4, 0.5) is 0 Å². The number of carboxylic acids is 1. The van der Waals surface area contributed by atoms with Crippen molar-refractivity contribution in [3.63, 3.8) is 0 Å². The Morgan fingerprint density at radius 2 is 2.05 bits per heavy atom. The Labute approximate surface area is 114 Å². The molecule has 5 nitrogen and oxygen atoms in total. The second-order valence-electron chi connectivity index (χ2n) is 4.34. The van der Waals surface area contributed by atoms with Gasteiger partial charge in [-0.3, -0.25) is 5.10 Å². The zero-order valence-electron chi connectivity index (χ0n) is 10.8. The summed E-state index contributed by atoms with van der Waals surface area (Å²) in [5, 5.41) is 17.6. The van der Waals surface area contributed by atoms with Crippen molar-refractivity contribution in [2.24, 2.45) is 0 Å². The molecule has 0 saturated carbocycles. The number of carboxylic acid groups (broad SMARTS) is 1.